The van der Waals surface area contributed by atoms with Crippen LogP contribution in [0.25, 0.3) is 0 Å². The maximum absolute atomic E-state index is 11.2. The Morgan fingerprint density at radius 1 is 1.64 bits per heavy atom. The molecular weight excluding hydrogens is 180 g/mol. The molecule has 0 aromatic rings. The van der Waals surface area contributed by atoms with Crippen LogP contribution in [0.2, 0.25) is 0 Å². The van der Waals surface area contributed by atoms with E-state index in [1.165, 1.54) is 0 Å². The van der Waals surface area contributed by atoms with Crippen molar-refractivity contribution in [1.29, 1.82) is 0 Å². The second-order valence-electron chi connectivity index (χ2n) is 3.68. The van der Waals surface area contributed by atoms with Crippen molar-refractivity contribution < 1.29 is 9.53 Å². The first-order valence-electron chi connectivity index (χ1n) is 5.23. The van der Waals surface area contributed by atoms with E-state index in [2.05, 4.69) is 17.3 Å². The summed E-state index contributed by atoms with van der Waals surface area (Å²) in [5.74, 6) is -0.128. The third kappa shape index (κ3) is 4.07. The van der Waals surface area contributed by atoms with Crippen molar-refractivity contribution in [2.24, 2.45) is 0 Å². The van der Waals surface area contributed by atoms with E-state index < -0.39 is 0 Å². The number of carbonyl (C=O) groups excluding carboxylic acids is 1. The molecular formula is C10H19N2O2. The summed E-state index contributed by atoms with van der Waals surface area (Å²) in [5, 5.41) is 4.45. The Labute approximate surface area is 85.6 Å². The van der Waals surface area contributed by atoms with Crippen LogP contribution in [0.3, 0.4) is 0 Å². The SMILES string of the molecule is CCOC(=O)CC1CN(C)CCC[N]1. The number of carbonyl (C=O) groups is 1. The Balaban J connectivity index is 2.31. The molecule has 0 aromatic carbocycles. The molecule has 1 radical (unpaired) electrons. The van der Waals surface area contributed by atoms with Gasteiger partial charge in [0.15, 0.2) is 0 Å². The molecule has 0 amide bonds. The van der Waals surface area contributed by atoms with E-state index in [1.54, 1.807) is 0 Å². The van der Waals surface area contributed by atoms with Gasteiger partial charge in [0, 0.05) is 19.1 Å². The zero-order valence-corrected chi connectivity index (χ0v) is 9.03. The average Bonchev–Trinajstić information content (AvgIpc) is 2.30. The largest absolute Gasteiger partial charge is 0.466 e. The van der Waals surface area contributed by atoms with Crippen LogP contribution in [0.4, 0.5) is 0 Å². The predicted molar refractivity (Wildman–Crippen MR) is 54.2 cm³/mol. The lowest BCUT2D eigenvalue weighted by molar-refractivity contribution is -0.143. The number of esters is 1. The van der Waals surface area contributed by atoms with Crippen LogP contribution in [0, 0.1) is 0 Å². The monoisotopic (exact) mass is 199 g/mol. The quantitative estimate of drug-likeness (QED) is 0.612. The van der Waals surface area contributed by atoms with Crippen LogP contribution < -0.4 is 5.32 Å². The molecule has 1 aliphatic rings. The summed E-state index contributed by atoms with van der Waals surface area (Å²) in [7, 11) is 2.07. The molecule has 4 nitrogen and oxygen atoms in total. The van der Waals surface area contributed by atoms with Gasteiger partial charge in [-0.25, -0.2) is 5.32 Å². The second-order valence-corrected chi connectivity index (χ2v) is 3.68. The molecule has 1 unspecified atom stereocenters. The van der Waals surface area contributed by atoms with Gasteiger partial charge >= 0.3 is 5.97 Å². The number of rotatable bonds is 3. The molecule has 1 heterocycles. The first kappa shape index (κ1) is 11.5. The van der Waals surface area contributed by atoms with E-state index in [9.17, 15) is 4.79 Å². The standard InChI is InChI=1S/C10H19N2O2/c1-3-14-10(13)7-9-8-12(2)6-4-5-11-9/h9H,3-8H2,1-2H3. The Bertz CT molecular complexity index is 185. The van der Waals surface area contributed by atoms with E-state index in [-0.39, 0.29) is 12.0 Å². The molecule has 1 aliphatic heterocycles. The van der Waals surface area contributed by atoms with Gasteiger partial charge in [0.25, 0.3) is 0 Å². The zero-order chi connectivity index (χ0) is 10.4. The Hall–Kier alpha value is -0.610. The minimum absolute atomic E-state index is 0.126. The predicted octanol–water partition coefficient (Wildman–Crippen LogP) is 0.248. The molecule has 81 valence electrons. The number of nitrogens with zero attached hydrogens (tertiary/aromatic N) is 2. The van der Waals surface area contributed by atoms with Crippen LogP contribution in [0.15, 0.2) is 0 Å². The molecule has 1 saturated heterocycles. The number of hydrogen-bond donors (Lipinski definition) is 0. The molecule has 0 spiro atoms. The number of likely N-dealkylation sites (N-methyl/N-ethyl adjacent to an activating group) is 1. The van der Waals surface area contributed by atoms with Crippen molar-refractivity contribution in [2.45, 2.75) is 25.8 Å². The summed E-state index contributed by atoms with van der Waals surface area (Å²) in [6, 6.07) is 0.126. The summed E-state index contributed by atoms with van der Waals surface area (Å²) < 4.78 is 4.90. The summed E-state index contributed by atoms with van der Waals surface area (Å²) in [4.78, 5) is 13.5. The topological polar surface area (TPSA) is 43.6 Å². The number of hydrogen-bond acceptors (Lipinski definition) is 3. The molecule has 1 atom stereocenters. The lowest BCUT2D eigenvalue weighted by Gasteiger charge is -2.18. The number of ether oxygens (including phenoxy) is 1. The average molecular weight is 199 g/mol. The van der Waals surface area contributed by atoms with Crippen molar-refractivity contribution in [3.63, 3.8) is 0 Å². The Morgan fingerprint density at radius 2 is 2.43 bits per heavy atom. The highest BCUT2D eigenvalue weighted by Crippen LogP contribution is 2.04. The summed E-state index contributed by atoms with van der Waals surface area (Å²) in [6.45, 7) is 5.10. The zero-order valence-electron chi connectivity index (χ0n) is 9.03. The van der Waals surface area contributed by atoms with Crippen molar-refractivity contribution in [3.8, 4) is 0 Å². The van der Waals surface area contributed by atoms with Crippen LogP contribution in [-0.4, -0.2) is 50.2 Å². The van der Waals surface area contributed by atoms with Crippen molar-refractivity contribution in [1.82, 2.24) is 10.2 Å². The van der Waals surface area contributed by atoms with Crippen LogP contribution >= 0.6 is 0 Å². The molecule has 0 bridgehead atoms. The van der Waals surface area contributed by atoms with Crippen LogP contribution in [-0.2, 0) is 9.53 Å². The van der Waals surface area contributed by atoms with E-state index in [4.69, 9.17) is 4.74 Å². The molecule has 1 fully saturated rings. The molecule has 0 N–H and O–H groups in total. The fourth-order valence-electron chi connectivity index (χ4n) is 1.66. The first-order chi connectivity index (χ1) is 6.72. The van der Waals surface area contributed by atoms with E-state index in [1.807, 2.05) is 6.92 Å². The fourth-order valence-corrected chi connectivity index (χ4v) is 1.66. The van der Waals surface area contributed by atoms with Gasteiger partial charge in [0.2, 0.25) is 0 Å². The van der Waals surface area contributed by atoms with Gasteiger partial charge in [-0.1, -0.05) is 0 Å². The van der Waals surface area contributed by atoms with Gasteiger partial charge in [-0.3, -0.25) is 4.79 Å². The van der Waals surface area contributed by atoms with Crippen molar-refractivity contribution >= 4 is 5.97 Å². The summed E-state index contributed by atoms with van der Waals surface area (Å²) >= 11 is 0. The lowest BCUT2D eigenvalue weighted by Crippen LogP contribution is -2.34. The van der Waals surface area contributed by atoms with E-state index in [0.29, 0.717) is 13.0 Å². The molecule has 0 saturated carbocycles. The minimum Gasteiger partial charge on any atom is -0.466 e. The normalized spacial score (nSPS) is 24.3. The lowest BCUT2D eigenvalue weighted by atomic mass is 10.2. The summed E-state index contributed by atoms with van der Waals surface area (Å²) in [6.07, 6.45) is 1.52. The second kappa shape index (κ2) is 5.98. The third-order valence-electron chi connectivity index (χ3n) is 2.32. The van der Waals surface area contributed by atoms with Crippen molar-refractivity contribution in [3.05, 3.63) is 0 Å². The molecule has 14 heavy (non-hydrogen) atoms. The highest BCUT2D eigenvalue weighted by molar-refractivity contribution is 5.70. The Kier molecular flexibility index (Phi) is 4.90. The fraction of sp³-hybridized carbons (Fsp3) is 0.900. The molecule has 0 aromatic heterocycles. The van der Waals surface area contributed by atoms with Gasteiger partial charge in [0.05, 0.1) is 13.0 Å². The van der Waals surface area contributed by atoms with Crippen LogP contribution in [0.5, 0.6) is 0 Å². The third-order valence-corrected chi connectivity index (χ3v) is 2.32. The van der Waals surface area contributed by atoms with Gasteiger partial charge in [-0.05, 0) is 26.9 Å². The van der Waals surface area contributed by atoms with Crippen LogP contribution in [0.1, 0.15) is 19.8 Å². The molecule has 4 heteroatoms. The first-order valence-corrected chi connectivity index (χ1v) is 5.23. The van der Waals surface area contributed by atoms with Gasteiger partial charge in [-0.15, -0.1) is 0 Å². The highest BCUT2D eigenvalue weighted by atomic mass is 16.5. The van der Waals surface area contributed by atoms with Gasteiger partial charge in [0.1, 0.15) is 0 Å². The maximum atomic E-state index is 11.2. The molecule has 1 rings (SSSR count). The highest BCUT2D eigenvalue weighted by Gasteiger charge is 2.19. The van der Waals surface area contributed by atoms with Gasteiger partial charge < -0.3 is 9.64 Å². The van der Waals surface area contributed by atoms with E-state index in [0.717, 1.165) is 26.1 Å². The Morgan fingerprint density at radius 3 is 3.14 bits per heavy atom. The van der Waals surface area contributed by atoms with Crippen molar-refractivity contribution in [2.75, 3.05) is 33.3 Å². The minimum atomic E-state index is -0.128. The van der Waals surface area contributed by atoms with E-state index >= 15 is 0 Å². The summed E-state index contributed by atoms with van der Waals surface area (Å²) in [5.41, 5.74) is 0. The van der Waals surface area contributed by atoms with Gasteiger partial charge in [-0.2, -0.15) is 0 Å². The molecule has 0 aliphatic carbocycles. The maximum Gasteiger partial charge on any atom is 0.307 e. The smallest absolute Gasteiger partial charge is 0.307 e.